The zero-order chi connectivity index (χ0) is 19.2. The second-order valence-electron chi connectivity index (χ2n) is 7.01. The Kier molecular flexibility index (Phi) is 5.87. The Morgan fingerprint density at radius 2 is 1.82 bits per heavy atom. The van der Waals surface area contributed by atoms with Crippen molar-refractivity contribution in [3.05, 3.63) is 60.5 Å². The summed E-state index contributed by atoms with van der Waals surface area (Å²) in [5.41, 5.74) is 2.23. The van der Waals surface area contributed by atoms with E-state index in [0.29, 0.717) is 11.7 Å². The van der Waals surface area contributed by atoms with E-state index in [1.807, 2.05) is 36.4 Å². The standard InChI is InChI=1S/C22H26N4O2/c1-27-20-10-5-9-19(17-20)26-15-13-25(14-16-26)12-6-11-21-23-22(24-28-21)18-7-3-2-4-8-18/h2-5,7-10,17H,6,11-16H2,1H3. The summed E-state index contributed by atoms with van der Waals surface area (Å²) >= 11 is 0. The fourth-order valence-electron chi connectivity index (χ4n) is 3.55. The lowest BCUT2D eigenvalue weighted by Gasteiger charge is -2.36. The van der Waals surface area contributed by atoms with E-state index in [1.165, 1.54) is 5.69 Å². The Hall–Kier alpha value is -2.86. The van der Waals surface area contributed by atoms with Crippen LogP contribution < -0.4 is 9.64 Å². The molecule has 1 aliphatic heterocycles. The van der Waals surface area contributed by atoms with Crippen LogP contribution in [-0.4, -0.2) is 54.9 Å². The highest BCUT2D eigenvalue weighted by Gasteiger charge is 2.17. The monoisotopic (exact) mass is 378 g/mol. The lowest BCUT2D eigenvalue weighted by molar-refractivity contribution is 0.251. The van der Waals surface area contributed by atoms with Crippen LogP contribution in [0.4, 0.5) is 5.69 Å². The van der Waals surface area contributed by atoms with Crippen LogP contribution in [0.5, 0.6) is 5.75 Å². The topological polar surface area (TPSA) is 54.6 Å². The molecular weight excluding hydrogens is 352 g/mol. The van der Waals surface area contributed by atoms with E-state index in [-0.39, 0.29) is 0 Å². The van der Waals surface area contributed by atoms with E-state index in [4.69, 9.17) is 9.26 Å². The van der Waals surface area contributed by atoms with Crippen LogP contribution in [0.25, 0.3) is 11.4 Å². The van der Waals surface area contributed by atoms with Gasteiger partial charge in [0.1, 0.15) is 5.75 Å². The number of aryl methyl sites for hydroxylation is 1. The lowest BCUT2D eigenvalue weighted by Crippen LogP contribution is -2.46. The highest BCUT2D eigenvalue weighted by molar-refractivity contribution is 5.53. The average molecular weight is 378 g/mol. The predicted molar refractivity (Wildman–Crippen MR) is 110 cm³/mol. The minimum absolute atomic E-state index is 0.669. The first-order chi connectivity index (χ1) is 13.8. The molecule has 0 atom stereocenters. The molecular formula is C22H26N4O2. The van der Waals surface area contributed by atoms with Crippen molar-refractivity contribution in [2.45, 2.75) is 12.8 Å². The van der Waals surface area contributed by atoms with Gasteiger partial charge in [-0.2, -0.15) is 4.98 Å². The maximum absolute atomic E-state index is 5.41. The van der Waals surface area contributed by atoms with Gasteiger partial charge in [-0.1, -0.05) is 41.6 Å². The first kappa shape index (κ1) is 18.5. The summed E-state index contributed by atoms with van der Waals surface area (Å²) in [5.74, 6) is 2.30. The molecule has 28 heavy (non-hydrogen) atoms. The summed E-state index contributed by atoms with van der Waals surface area (Å²) in [7, 11) is 1.71. The minimum Gasteiger partial charge on any atom is -0.497 e. The quantitative estimate of drug-likeness (QED) is 0.627. The Labute approximate surface area is 165 Å². The summed E-state index contributed by atoms with van der Waals surface area (Å²) in [6.45, 7) is 5.25. The summed E-state index contributed by atoms with van der Waals surface area (Å²) in [5, 5.41) is 4.09. The molecule has 2 heterocycles. The van der Waals surface area contributed by atoms with Gasteiger partial charge in [-0.25, -0.2) is 0 Å². The number of aromatic nitrogens is 2. The molecule has 1 aromatic heterocycles. The van der Waals surface area contributed by atoms with Crippen molar-refractivity contribution in [2.75, 3.05) is 44.7 Å². The molecule has 0 bridgehead atoms. The van der Waals surface area contributed by atoms with Gasteiger partial charge >= 0.3 is 0 Å². The normalized spacial score (nSPS) is 15.0. The third-order valence-corrected chi connectivity index (χ3v) is 5.16. The van der Waals surface area contributed by atoms with Crippen LogP contribution in [0.1, 0.15) is 12.3 Å². The van der Waals surface area contributed by atoms with Gasteiger partial charge < -0.3 is 14.2 Å². The molecule has 2 aromatic carbocycles. The molecule has 1 fully saturated rings. The second kappa shape index (κ2) is 8.89. The Morgan fingerprint density at radius 3 is 2.61 bits per heavy atom. The Balaban J connectivity index is 1.22. The lowest BCUT2D eigenvalue weighted by atomic mass is 10.2. The summed E-state index contributed by atoms with van der Waals surface area (Å²) in [4.78, 5) is 9.44. The molecule has 0 amide bonds. The van der Waals surface area contributed by atoms with Gasteiger partial charge in [0.05, 0.1) is 7.11 Å². The van der Waals surface area contributed by atoms with Crippen LogP contribution >= 0.6 is 0 Å². The van der Waals surface area contributed by atoms with Crippen LogP contribution in [0, 0.1) is 0 Å². The molecule has 4 rings (SSSR count). The van der Waals surface area contributed by atoms with Crippen LogP contribution in [0.3, 0.4) is 0 Å². The molecule has 146 valence electrons. The van der Waals surface area contributed by atoms with Crippen molar-refractivity contribution in [1.29, 1.82) is 0 Å². The number of benzene rings is 2. The van der Waals surface area contributed by atoms with Gasteiger partial charge in [-0.15, -0.1) is 0 Å². The number of rotatable bonds is 7. The predicted octanol–water partition coefficient (Wildman–Crippen LogP) is 3.50. The zero-order valence-electron chi connectivity index (χ0n) is 16.3. The number of methoxy groups -OCH3 is 1. The van der Waals surface area contributed by atoms with Crippen molar-refractivity contribution in [3.8, 4) is 17.1 Å². The summed E-state index contributed by atoms with van der Waals surface area (Å²) in [6, 6.07) is 18.2. The zero-order valence-corrected chi connectivity index (χ0v) is 16.3. The van der Waals surface area contributed by atoms with Gasteiger partial charge in [-0.05, 0) is 25.1 Å². The fourth-order valence-corrected chi connectivity index (χ4v) is 3.55. The molecule has 0 aliphatic carbocycles. The number of ether oxygens (including phenoxy) is 1. The molecule has 1 saturated heterocycles. The number of piperazine rings is 1. The second-order valence-corrected chi connectivity index (χ2v) is 7.01. The maximum atomic E-state index is 5.41. The molecule has 6 heteroatoms. The van der Waals surface area contributed by atoms with Gasteiger partial charge in [0.15, 0.2) is 0 Å². The van der Waals surface area contributed by atoms with Crippen LogP contribution in [0.2, 0.25) is 0 Å². The minimum atomic E-state index is 0.669. The van der Waals surface area contributed by atoms with Crippen molar-refractivity contribution in [1.82, 2.24) is 15.0 Å². The van der Waals surface area contributed by atoms with Gasteiger partial charge in [-0.3, -0.25) is 4.90 Å². The molecule has 1 aliphatic rings. The van der Waals surface area contributed by atoms with Crippen molar-refractivity contribution < 1.29 is 9.26 Å². The SMILES string of the molecule is COc1cccc(N2CCN(CCCc3nc(-c4ccccc4)no3)CC2)c1. The first-order valence-corrected chi connectivity index (χ1v) is 9.81. The largest absolute Gasteiger partial charge is 0.497 e. The molecule has 0 spiro atoms. The molecule has 0 radical (unpaired) electrons. The first-order valence-electron chi connectivity index (χ1n) is 9.81. The van der Waals surface area contributed by atoms with Crippen LogP contribution in [-0.2, 0) is 6.42 Å². The van der Waals surface area contributed by atoms with Crippen molar-refractivity contribution in [3.63, 3.8) is 0 Å². The van der Waals surface area contributed by atoms with E-state index < -0.39 is 0 Å². The fraction of sp³-hybridized carbons (Fsp3) is 0.364. The highest BCUT2D eigenvalue weighted by Crippen LogP contribution is 2.22. The van der Waals surface area contributed by atoms with E-state index >= 15 is 0 Å². The smallest absolute Gasteiger partial charge is 0.227 e. The van der Waals surface area contributed by atoms with E-state index in [2.05, 4.69) is 38.1 Å². The number of nitrogens with zero attached hydrogens (tertiary/aromatic N) is 4. The molecule has 0 unspecified atom stereocenters. The number of anilines is 1. The van der Waals surface area contributed by atoms with Crippen molar-refractivity contribution in [2.24, 2.45) is 0 Å². The van der Waals surface area contributed by atoms with E-state index in [0.717, 1.165) is 56.9 Å². The average Bonchev–Trinajstić information content (AvgIpc) is 3.24. The maximum Gasteiger partial charge on any atom is 0.227 e. The summed E-state index contributed by atoms with van der Waals surface area (Å²) in [6.07, 6.45) is 1.84. The molecule has 6 nitrogen and oxygen atoms in total. The summed E-state index contributed by atoms with van der Waals surface area (Å²) < 4.78 is 10.7. The Bertz CT molecular complexity index is 873. The molecule has 0 N–H and O–H groups in total. The van der Waals surface area contributed by atoms with Gasteiger partial charge in [0.2, 0.25) is 11.7 Å². The molecule has 3 aromatic rings. The van der Waals surface area contributed by atoms with Gasteiger partial charge in [0, 0.05) is 49.9 Å². The van der Waals surface area contributed by atoms with E-state index in [9.17, 15) is 0 Å². The molecule has 0 saturated carbocycles. The number of hydrogen-bond acceptors (Lipinski definition) is 6. The van der Waals surface area contributed by atoms with Gasteiger partial charge in [0.25, 0.3) is 0 Å². The van der Waals surface area contributed by atoms with E-state index in [1.54, 1.807) is 7.11 Å². The number of hydrogen-bond donors (Lipinski definition) is 0. The van der Waals surface area contributed by atoms with Crippen molar-refractivity contribution >= 4 is 5.69 Å². The highest BCUT2D eigenvalue weighted by atomic mass is 16.5. The third-order valence-electron chi connectivity index (χ3n) is 5.16. The Morgan fingerprint density at radius 1 is 1.00 bits per heavy atom. The van der Waals surface area contributed by atoms with Crippen LogP contribution in [0.15, 0.2) is 59.1 Å². The third kappa shape index (κ3) is 4.51.